The van der Waals surface area contributed by atoms with Gasteiger partial charge in [0.15, 0.2) is 5.96 Å². The summed E-state index contributed by atoms with van der Waals surface area (Å²) in [6.07, 6.45) is 4.18. The van der Waals surface area contributed by atoms with Gasteiger partial charge in [0.1, 0.15) is 5.76 Å². The maximum atomic E-state index is 6.09. The van der Waals surface area contributed by atoms with Crippen molar-refractivity contribution in [1.29, 1.82) is 0 Å². The summed E-state index contributed by atoms with van der Waals surface area (Å²) >= 11 is 0. The SMILES string of the molecule is CN=C(NCc1ncc(C(C)(C)C)o1)N1CCC(OC(C)(C)C)CC1. The Bertz CT molecular complexity index is 573. The van der Waals surface area contributed by atoms with E-state index in [9.17, 15) is 0 Å². The van der Waals surface area contributed by atoms with Gasteiger partial charge in [-0.3, -0.25) is 4.99 Å². The van der Waals surface area contributed by atoms with Crippen LogP contribution in [0.1, 0.15) is 66.0 Å². The van der Waals surface area contributed by atoms with E-state index in [-0.39, 0.29) is 11.0 Å². The summed E-state index contributed by atoms with van der Waals surface area (Å²) in [5.41, 5.74) is -0.107. The van der Waals surface area contributed by atoms with E-state index in [4.69, 9.17) is 9.15 Å². The average Bonchev–Trinajstić information content (AvgIpc) is 2.97. The van der Waals surface area contributed by atoms with Gasteiger partial charge in [-0.25, -0.2) is 4.98 Å². The van der Waals surface area contributed by atoms with Crippen LogP contribution in [0.5, 0.6) is 0 Å². The summed E-state index contributed by atoms with van der Waals surface area (Å²) in [5.74, 6) is 2.49. The smallest absolute Gasteiger partial charge is 0.213 e. The van der Waals surface area contributed by atoms with Crippen LogP contribution in [-0.4, -0.2) is 47.7 Å². The molecule has 142 valence electrons. The highest BCUT2D eigenvalue weighted by Crippen LogP contribution is 2.23. The van der Waals surface area contributed by atoms with Crippen molar-refractivity contribution in [3.8, 4) is 0 Å². The highest BCUT2D eigenvalue weighted by atomic mass is 16.5. The molecule has 2 heterocycles. The van der Waals surface area contributed by atoms with Gasteiger partial charge in [-0.1, -0.05) is 20.8 Å². The van der Waals surface area contributed by atoms with Crippen LogP contribution in [0.4, 0.5) is 0 Å². The van der Waals surface area contributed by atoms with E-state index < -0.39 is 0 Å². The maximum Gasteiger partial charge on any atom is 0.213 e. The first-order valence-corrected chi connectivity index (χ1v) is 9.17. The molecule has 0 saturated carbocycles. The summed E-state index contributed by atoms with van der Waals surface area (Å²) in [4.78, 5) is 11.0. The van der Waals surface area contributed by atoms with Gasteiger partial charge in [-0.15, -0.1) is 0 Å². The number of aliphatic imine (C=N–C) groups is 1. The quantitative estimate of drug-likeness (QED) is 0.669. The molecule has 6 nitrogen and oxygen atoms in total. The van der Waals surface area contributed by atoms with Gasteiger partial charge in [0, 0.05) is 25.6 Å². The van der Waals surface area contributed by atoms with E-state index in [2.05, 4.69) is 61.7 Å². The first kappa shape index (κ1) is 19.8. The van der Waals surface area contributed by atoms with Crippen LogP contribution in [0.25, 0.3) is 0 Å². The average molecular weight is 351 g/mol. The number of nitrogens with zero attached hydrogens (tertiary/aromatic N) is 3. The number of piperidine rings is 1. The minimum absolute atomic E-state index is 0.0259. The second-order valence-electron chi connectivity index (χ2n) is 8.69. The Kier molecular flexibility index (Phi) is 6.14. The number of guanidine groups is 1. The molecule has 0 bridgehead atoms. The molecule has 0 unspecified atom stereocenters. The summed E-state index contributed by atoms with van der Waals surface area (Å²) < 4.78 is 11.9. The number of hydrogen-bond acceptors (Lipinski definition) is 4. The molecule has 2 rings (SSSR count). The molecule has 6 heteroatoms. The van der Waals surface area contributed by atoms with E-state index >= 15 is 0 Å². The van der Waals surface area contributed by atoms with E-state index in [0.717, 1.165) is 37.7 Å². The number of hydrogen-bond donors (Lipinski definition) is 1. The minimum Gasteiger partial charge on any atom is -0.443 e. The number of ether oxygens (including phenoxy) is 1. The number of aromatic nitrogens is 1. The zero-order valence-electron chi connectivity index (χ0n) is 16.8. The second kappa shape index (κ2) is 7.77. The van der Waals surface area contributed by atoms with Crippen LogP contribution in [0.2, 0.25) is 0 Å². The van der Waals surface area contributed by atoms with Gasteiger partial charge in [-0.05, 0) is 33.6 Å². The summed E-state index contributed by atoms with van der Waals surface area (Å²) in [6, 6.07) is 0. The molecule has 25 heavy (non-hydrogen) atoms. The predicted octanol–water partition coefficient (Wildman–Crippen LogP) is 3.33. The van der Waals surface area contributed by atoms with Crippen molar-refractivity contribution in [3.63, 3.8) is 0 Å². The molecule has 0 aromatic carbocycles. The number of rotatable bonds is 3. The third-order valence-electron chi connectivity index (χ3n) is 4.16. The van der Waals surface area contributed by atoms with Crippen LogP contribution in [0, 0.1) is 0 Å². The van der Waals surface area contributed by atoms with Crippen LogP contribution < -0.4 is 5.32 Å². The molecule has 0 radical (unpaired) electrons. The molecular formula is C19H34N4O2. The molecule has 0 spiro atoms. The van der Waals surface area contributed by atoms with Gasteiger partial charge in [0.25, 0.3) is 0 Å². The van der Waals surface area contributed by atoms with Crippen molar-refractivity contribution in [3.05, 3.63) is 17.8 Å². The standard InChI is InChI=1S/C19H34N4O2/c1-18(2,3)15-12-21-16(24-15)13-22-17(20-7)23-10-8-14(9-11-23)25-19(4,5)6/h12,14H,8-11,13H2,1-7H3,(H,20,22). The topological polar surface area (TPSA) is 62.9 Å². The van der Waals surface area contributed by atoms with Gasteiger partial charge < -0.3 is 19.4 Å². The van der Waals surface area contributed by atoms with Crippen molar-refractivity contribution in [2.24, 2.45) is 4.99 Å². The molecule has 1 aliphatic rings. The zero-order valence-corrected chi connectivity index (χ0v) is 16.8. The van der Waals surface area contributed by atoms with E-state index in [0.29, 0.717) is 18.5 Å². The summed E-state index contributed by atoms with van der Waals surface area (Å²) in [5, 5.41) is 3.36. The predicted molar refractivity (Wildman–Crippen MR) is 101 cm³/mol. The Balaban J connectivity index is 1.84. The van der Waals surface area contributed by atoms with Crippen LogP contribution in [0.3, 0.4) is 0 Å². The lowest BCUT2D eigenvalue weighted by Crippen LogP contribution is -2.47. The van der Waals surface area contributed by atoms with Crippen molar-refractivity contribution in [1.82, 2.24) is 15.2 Å². The van der Waals surface area contributed by atoms with Crippen molar-refractivity contribution >= 4 is 5.96 Å². The van der Waals surface area contributed by atoms with Crippen LogP contribution >= 0.6 is 0 Å². The van der Waals surface area contributed by atoms with Crippen molar-refractivity contribution in [2.45, 2.75) is 78.0 Å². The normalized spacial score (nSPS) is 17.9. The summed E-state index contributed by atoms with van der Waals surface area (Å²) in [6.45, 7) is 15.1. The number of likely N-dealkylation sites (tertiary alicyclic amines) is 1. The fourth-order valence-electron chi connectivity index (χ4n) is 2.91. The minimum atomic E-state index is -0.0809. The molecular weight excluding hydrogens is 316 g/mol. The van der Waals surface area contributed by atoms with Crippen LogP contribution in [-0.2, 0) is 16.7 Å². The van der Waals surface area contributed by atoms with E-state index in [1.807, 2.05) is 13.2 Å². The second-order valence-corrected chi connectivity index (χ2v) is 8.69. The Morgan fingerprint density at radius 2 is 1.92 bits per heavy atom. The highest BCUT2D eigenvalue weighted by Gasteiger charge is 2.26. The Morgan fingerprint density at radius 1 is 1.28 bits per heavy atom. The Morgan fingerprint density at radius 3 is 2.40 bits per heavy atom. The van der Waals surface area contributed by atoms with Crippen molar-refractivity contribution in [2.75, 3.05) is 20.1 Å². The molecule has 0 amide bonds. The first-order chi connectivity index (χ1) is 11.6. The lowest BCUT2D eigenvalue weighted by atomic mass is 9.94. The monoisotopic (exact) mass is 350 g/mol. The molecule has 1 aromatic heterocycles. The zero-order chi connectivity index (χ0) is 18.7. The molecule has 1 aliphatic heterocycles. The molecule has 1 fully saturated rings. The first-order valence-electron chi connectivity index (χ1n) is 9.17. The fraction of sp³-hybridized carbons (Fsp3) is 0.789. The third kappa shape index (κ3) is 6.03. The maximum absolute atomic E-state index is 6.09. The van der Waals surface area contributed by atoms with Gasteiger partial charge in [0.05, 0.1) is 24.4 Å². The van der Waals surface area contributed by atoms with E-state index in [1.54, 1.807) is 0 Å². The summed E-state index contributed by atoms with van der Waals surface area (Å²) in [7, 11) is 1.82. The van der Waals surface area contributed by atoms with Gasteiger partial charge >= 0.3 is 0 Å². The van der Waals surface area contributed by atoms with Gasteiger partial charge in [-0.2, -0.15) is 0 Å². The number of oxazole rings is 1. The third-order valence-corrected chi connectivity index (χ3v) is 4.16. The van der Waals surface area contributed by atoms with Crippen molar-refractivity contribution < 1.29 is 9.15 Å². The number of nitrogens with one attached hydrogen (secondary N) is 1. The molecule has 0 atom stereocenters. The van der Waals surface area contributed by atoms with Gasteiger partial charge in [0.2, 0.25) is 5.89 Å². The molecule has 1 N–H and O–H groups in total. The van der Waals surface area contributed by atoms with E-state index in [1.165, 1.54) is 0 Å². The molecule has 1 aromatic rings. The molecule has 1 saturated heterocycles. The largest absolute Gasteiger partial charge is 0.443 e. The Labute approximate surface area is 152 Å². The Hall–Kier alpha value is -1.56. The molecule has 0 aliphatic carbocycles. The lowest BCUT2D eigenvalue weighted by molar-refractivity contribution is -0.0773. The lowest BCUT2D eigenvalue weighted by Gasteiger charge is -2.36. The highest BCUT2D eigenvalue weighted by molar-refractivity contribution is 5.79. The fourth-order valence-corrected chi connectivity index (χ4v) is 2.91. The van der Waals surface area contributed by atoms with Crippen LogP contribution in [0.15, 0.2) is 15.6 Å².